The summed E-state index contributed by atoms with van der Waals surface area (Å²) < 4.78 is 4.95. The minimum atomic E-state index is -0.492. The number of rotatable bonds is 3. The number of allylic oxidation sites excluding steroid dienone is 1. The zero-order chi connectivity index (χ0) is 10.4. The van der Waals surface area contributed by atoms with Gasteiger partial charge in [-0.25, -0.2) is 0 Å². The summed E-state index contributed by atoms with van der Waals surface area (Å²) in [7, 11) is 0. The summed E-state index contributed by atoms with van der Waals surface area (Å²) in [5.41, 5.74) is 0. The predicted molar refractivity (Wildman–Crippen MR) is 52.7 cm³/mol. The van der Waals surface area contributed by atoms with E-state index in [2.05, 4.69) is 0 Å². The van der Waals surface area contributed by atoms with E-state index in [9.17, 15) is 9.59 Å². The average Bonchev–Trinajstić information content (AvgIpc) is 2.18. The van der Waals surface area contributed by atoms with Gasteiger partial charge in [0.05, 0.1) is 0 Å². The van der Waals surface area contributed by atoms with E-state index in [-0.39, 0.29) is 18.4 Å². The number of carbonyl (C=O) groups is 2. The highest BCUT2D eigenvalue weighted by Crippen LogP contribution is 2.21. The van der Waals surface area contributed by atoms with Gasteiger partial charge in [-0.3, -0.25) is 9.59 Å². The minimum Gasteiger partial charge on any atom is -0.461 e. The SMILES string of the molecule is C/C=C/COC(=O)C1CCCCC1=O. The smallest absolute Gasteiger partial charge is 0.316 e. The van der Waals surface area contributed by atoms with Crippen LogP contribution >= 0.6 is 0 Å². The van der Waals surface area contributed by atoms with Crippen LogP contribution in [0.15, 0.2) is 12.2 Å². The summed E-state index contributed by atoms with van der Waals surface area (Å²) >= 11 is 0. The topological polar surface area (TPSA) is 43.4 Å². The van der Waals surface area contributed by atoms with Crippen LogP contribution in [0.1, 0.15) is 32.6 Å². The first-order chi connectivity index (χ1) is 6.75. The van der Waals surface area contributed by atoms with Crippen molar-refractivity contribution in [2.75, 3.05) is 6.61 Å². The second-order valence-electron chi connectivity index (χ2n) is 3.46. The number of ketones is 1. The van der Waals surface area contributed by atoms with Crippen LogP contribution in [-0.2, 0) is 14.3 Å². The number of hydrogen-bond acceptors (Lipinski definition) is 3. The summed E-state index contributed by atoms with van der Waals surface area (Å²) in [6.07, 6.45) is 6.63. The molecule has 0 aromatic heterocycles. The van der Waals surface area contributed by atoms with E-state index in [0.29, 0.717) is 12.8 Å². The van der Waals surface area contributed by atoms with Gasteiger partial charge in [0.15, 0.2) is 0 Å². The molecule has 1 rings (SSSR count). The van der Waals surface area contributed by atoms with Gasteiger partial charge in [0.25, 0.3) is 0 Å². The minimum absolute atomic E-state index is 0.0433. The monoisotopic (exact) mass is 196 g/mol. The molecule has 1 atom stereocenters. The van der Waals surface area contributed by atoms with Crippen LogP contribution in [0.3, 0.4) is 0 Å². The molecule has 3 heteroatoms. The lowest BCUT2D eigenvalue weighted by atomic mass is 9.88. The van der Waals surface area contributed by atoms with Crippen LogP contribution in [-0.4, -0.2) is 18.4 Å². The van der Waals surface area contributed by atoms with Crippen LogP contribution in [0.25, 0.3) is 0 Å². The Balaban J connectivity index is 2.38. The molecule has 78 valence electrons. The molecule has 14 heavy (non-hydrogen) atoms. The zero-order valence-electron chi connectivity index (χ0n) is 8.49. The molecule has 0 bridgehead atoms. The molecule has 0 N–H and O–H groups in total. The second kappa shape index (κ2) is 5.58. The van der Waals surface area contributed by atoms with Gasteiger partial charge in [0, 0.05) is 6.42 Å². The molecule has 1 saturated carbocycles. The van der Waals surface area contributed by atoms with Gasteiger partial charge in [0.2, 0.25) is 0 Å². The van der Waals surface area contributed by atoms with E-state index < -0.39 is 5.92 Å². The van der Waals surface area contributed by atoms with Crippen molar-refractivity contribution >= 4 is 11.8 Å². The van der Waals surface area contributed by atoms with Crippen molar-refractivity contribution < 1.29 is 14.3 Å². The van der Waals surface area contributed by atoms with Crippen molar-refractivity contribution in [3.63, 3.8) is 0 Å². The maximum absolute atomic E-state index is 11.4. The van der Waals surface area contributed by atoms with Crippen LogP contribution in [0, 0.1) is 5.92 Å². The fourth-order valence-corrected chi connectivity index (χ4v) is 1.56. The molecule has 0 saturated heterocycles. The molecular formula is C11H16O3. The Morgan fingerprint density at radius 2 is 2.36 bits per heavy atom. The van der Waals surface area contributed by atoms with Crippen LogP contribution in [0.2, 0.25) is 0 Å². The fourth-order valence-electron chi connectivity index (χ4n) is 1.56. The lowest BCUT2D eigenvalue weighted by Gasteiger charge is -2.18. The van der Waals surface area contributed by atoms with E-state index in [1.165, 1.54) is 0 Å². The van der Waals surface area contributed by atoms with Gasteiger partial charge in [-0.1, -0.05) is 18.6 Å². The summed E-state index contributed by atoms with van der Waals surface area (Å²) in [6.45, 7) is 2.14. The summed E-state index contributed by atoms with van der Waals surface area (Å²) in [6, 6.07) is 0. The number of hydrogen-bond donors (Lipinski definition) is 0. The number of esters is 1. The molecule has 0 spiro atoms. The quantitative estimate of drug-likeness (QED) is 0.393. The second-order valence-corrected chi connectivity index (χ2v) is 3.46. The average molecular weight is 196 g/mol. The van der Waals surface area contributed by atoms with Crippen molar-refractivity contribution in [3.8, 4) is 0 Å². The molecule has 1 unspecified atom stereocenters. The molecule has 1 fully saturated rings. The molecule has 0 aromatic rings. The van der Waals surface area contributed by atoms with Gasteiger partial charge in [-0.05, 0) is 19.8 Å². The fraction of sp³-hybridized carbons (Fsp3) is 0.636. The van der Waals surface area contributed by atoms with Crippen molar-refractivity contribution in [3.05, 3.63) is 12.2 Å². The zero-order valence-corrected chi connectivity index (χ0v) is 8.49. The first kappa shape index (κ1) is 11.0. The molecular weight excluding hydrogens is 180 g/mol. The highest BCUT2D eigenvalue weighted by molar-refractivity contribution is 5.99. The third-order valence-corrected chi connectivity index (χ3v) is 2.40. The predicted octanol–water partition coefficient (Wildman–Crippen LogP) is 1.86. The standard InChI is InChI=1S/C11H16O3/c1-2-3-8-14-11(13)9-6-4-5-7-10(9)12/h2-3,9H,4-8H2,1H3/b3-2+. The number of Topliss-reactive ketones (excluding diaryl/α,β-unsaturated/α-hetero) is 1. The van der Waals surface area contributed by atoms with E-state index in [4.69, 9.17) is 4.74 Å². The Morgan fingerprint density at radius 1 is 1.57 bits per heavy atom. The Morgan fingerprint density at radius 3 is 3.00 bits per heavy atom. The Bertz CT molecular complexity index is 243. The van der Waals surface area contributed by atoms with Crippen molar-refractivity contribution in [2.24, 2.45) is 5.92 Å². The van der Waals surface area contributed by atoms with E-state index in [1.807, 2.05) is 13.0 Å². The highest BCUT2D eigenvalue weighted by atomic mass is 16.5. The molecule has 0 radical (unpaired) electrons. The van der Waals surface area contributed by atoms with Gasteiger partial charge in [0.1, 0.15) is 18.3 Å². The van der Waals surface area contributed by atoms with E-state index >= 15 is 0 Å². The summed E-state index contributed by atoms with van der Waals surface area (Å²) in [5.74, 6) is -0.802. The number of carbonyl (C=O) groups excluding carboxylic acids is 2. The molecule has 3 nitrogen and oxygen atoms in total. The lowest BCUT2D eigenvalue weighted by molar-refractivity contribution is -0.152. The van der Waals surface area contributed by atoms with Gasteiger partial charge >= 0.3 is 5.97 Å². The van der Waals surface area contributed by atoms with Gasteiger partial charge < -0.3 is 4.74 Å². The van der Waals surface area contributed by atoms with Crippen LogP contribution < -0.4 is 0 Å². The normalized spacial score (nSPS) is 22.6. The van der Waals surface area contributed by atoms with Crippen molar-refractivity contribution in [1.82, 2.24) is 0 Å². The van der Waals surface area contributed by atoms with Gasteiger partial charge in [-0.2, -0.15) is 0 Å². The molecule has 1 aliphatic rings. The Labute approximate surface area is 84.1 Å². The largest absolute Gasteiger partial charge is 0.461 e. The van der Waals surface area contributed by atoms with Crippen LogP contribution in [0.5, 0.6) is 0 Å². The van der Waals surface area contributed by atoms with Gasteiger partial charge in [-0.15, -0.1) is 0 Å². The first-order valence-electron chi connectivity index (χ1n) is 5.06. The Hall–Kier alpha value is -1.12. The third-order valence-electron chi connectivity index (χ3n) is 2.40. The molecule has 1 aliphatic carbocycles. The lowest BCUT2D eigenvalue weighted by Crippen LogP contribution is -2.28. The Kier molecular flexibility index (Phi) is 4.36. The maximum Gasteiger partial charge on any atom is 0.316 e. The maximum atomic E-state index is 11.4. The highest BCUT2D eigenvalue weighted by Gasteiger charge is 2.29. The number of ether oxygens (including phenoxy) is 1. The van der Waals surface area contributed by atoms with E-state index in [0.717, 1.165) is 12.8 Å². The molecule has 0 aliphatic heterocycles. The first-order valence-corrected chi connectivity index (χ1v) is 5.06. The van der Waals surface area contributed by atoms with Crippen molar-refractivity contribution in [1.29, 1.82) is 0 Å². The summed E-state index contributed by atoms with van der Waals surface area (Å²) in [5, 5.41) is 0. The third kappa shape index (κ3) is 2.98. The molecule has 0 aromatic carbocycles. The molecule has 0 heterocycles. The van der Waals surface area contributed by atoms with Crippen LogP contribution in [0.4, 0.5) is 0 Å². The summed E-state index contributed by atoms with van der Waals surface area (Å²) in [4.78, 5) is 22.8. The van der Waals surface area contributed by atoms with E-state index in [1.54, 1.807) is 6.08 Å². The molecule has 0 amide bonds. The van der Waals surface area contributed by atoms with Crippen molar-refractivity contribution in [2.45, 2.75) is 32.6 Å².